The van der Waals surface area contributed by atoms with Gasteiger partial charge < -0.3 is 5.32 Å². The first-order valence-corrected chi connectivity index (χ1v) is 11.5. The summed E-state index contributed by atoms with van der Waals surface area (Å²) >= 11 is 0. The summed E-state index contributed by atoms with van der Waals surface area (Å²) in [5.41, 5.74) is 2.95. The van der Waals surface area contributed by atoms with E-state index in [4.69, 9.17) is 0 Å². The Balaban J connectivity index is 1.66. The van der Waals surface area contributed by atoms with E-state index < -0.39 is 17.3 Å². The van der Waals surface area contributed by atoms with Crippen LogP contribution in [0.2, 0.25) is 0 Å². The van der Waals surface area contributed by atoms with Crippen LogP contribution < -0.4 is 10.9 Å². The summed E-state index contributed by atoms with van der Waals surface area (Å²) in [5, 5.41) is 4.67. The maximum Gasteiger partial charge on any atom is 0.416 e. The zero-order valence-electron chi connectivity index (χ0n) is 20.0. The number of fused-ring (bicyclic) bond motifs is 3. The number of nitrogens with one attached hydrogen (secondary N) is 1. The molecule has 0 aliphatic carbocycles. The van der Waals surface area contributed by atoms with Crippen molar-refractivity contribution in [2.45, 2.75) is 32.4 Å². The summed E-state index contributed by atoms with van der Waals surface area (Å²) in [5.74, 6) is 0. The summed E-state index contributed by atoms with van der Waals surface area (Å²) in [4.78, 5) is 17.5. The van der Waals surface area contributed by atoms with E-state index in [9.17, 15) is 18.0 Å². The molecular weight excluding hydrogens is 463 g/mol. The second-order valence-electron chi connectivity index (χ2n) is 9.80. The van der Waals surface area contributed by atoms with Gasteiger partial charge in [0.05, 0.1) is 16.6 Å². The van der Waals surface area contributed by atoms with Gasteiger partial charge in [-0.25, -0.2) is 0 Å². The highest BCUT2D eigenvalue weighted by Gasteiger charge is 2.30. The van der Waals surface area contributed by atoms with E-state index in [1.165, 1.54) is 28.3 Å². The molecule has 2 heterocycles. The van der Waals surface area contributed by atoms with Gasteiger partial charge in [0.15, 0.2) is 0 Å². The molecule has 7 heteroatoms. The highest BCUT2D eigenvalue weighted by Crippen LogP contribution is 2.33. The Morgan fingerprint density at radius 3 is 2.22 bits per heavy atom. The molecule has 0 aliphatic rings. The maximum absolute atomic E-state index is 13.4. The van der Waals surface area contributed by atoms with Gasteiger partial charge in [-0.2, -0.15) is 13.2 Å². The van der Waals surface area contributed by atoms with Gasteiger partial charge in [0.2, 0.25) is 0 Å². The quantitative estimate of drug-likeness (QED) is 0.267. The lowest BCUT2D eigenvalue weighted by Crippen LogP contribution is -2.18. The summed E-state index contributed by atoms with van der Waals surface area (Å²) in [7, 11) is 0. The summed E-state index contributed by atoms with van der Waals surface area (Å²) in [6, 6.07) is 21.5. The van der Waals surface area contributed by atoms with E-state index in [1.807, 2.05) is 30.3 Å². The number of nitrogens with zero attached hydrogens (tertiary/aromatic N) is 2. The zero-order valence-corrected chi connectivity index (χ0v) is 20.0. The second-order valence-corrected chi connectivity index (χ2v) is 9.80. The standard InChI is InChI=1S/C29H24F3N3O/c1-28(2,3)19-8-10-21(11-9-19)34-22-12-13-25-24(16-22)27-18(17-33-25)7-14-26(36)35(27)23-6-4-5-20(15-23)29(30,31)32/h4-17,34H,1-3H3. The minimum atomic E-state index is -4.52. The topological polar surface area (TPSA) is 46.9 Å². The third kappa shape index (κ3) is 4.44. The van der Waals surface area contributed by atoms with Gasteiger partial charge in [0.25, 0.3) is 5.56 Å². The van der Waals surface area contributed by atoms with Gasteiger partial charge in [-0.1, -0.05) is 39.0 Å². The van der Waals surface area contributed by atoms with Gasteiger partial charge in [-0.15, -0.1) is 0 Å². The molecule has 0 atom stereocenters. The van der Waals surface area contributed by atoms with E-state index in [1.54, 1.807) is 12.3 Å². The molecule has 3 aromatic carbocycles. The predicted molar refractivity (Wildman–Crippen MR) is 138 cm³/mol. The van der Waals surface area contributed by atoms with Crippen molar-refractivity contribution >= 4 is 33.2 Å². The predicted octanol–water partition coefficient (Wildman–Crippen LogP) is 7.60. The second kappa shape index (κ2) is 8.52. The first-order chi connectivity index (χ1) is 17.0. The van der Waals surface area contributed by atoms with Gasteiger partial charge >= 0.3 is 6.18 Å². The Morgan fingerprint density at radius 1 is 0.806 bits per heavy atom. The average Bonchev–Trinajstić information content (AvgIpc) is 2.83. The van der Waals surface area contributed by atoms with Crippen molar-refractivity contribution in [3.8, 4) is 5.69 Å². The number of benzene rings is 3. The number of hydrogen-bond donors (Lipinski definition) is 1. The Morgan fingerprint density at radius 2 is 1.53 bits per heavy atom. The number of hydrogen-bond acceptors (Lipinski definition) is 3. The molecule has 0 amide bonds. The van der Waals surface area contributed by atoms with Crippen LogP contribution in [-0.2, 0) is 11.6 Å². The lowest BCUT2D eigenvalue weighted by atomic mass is 9.87. The molecule has 5 aromatic rings. The molecule has 36 heavy (non-hydrogen) atoms. The molecule has 0 aliphatic heterocycles. The number of rotatable bonds is 3. The first-order valence-electron chi connectivity index (χ1n) is 11.5. The van der Waals surface area contributed by atoms with Crippen LogP contribution in [0.25, 0.3) is 27.5 Å². The maximum atomic E-state index is 13.4. The third-order valence-corrected chi connectivity index (χ3v) is 6.19. The number of halogens is 3. The Kier molecular flexibility index (Phi) is 5.58. The summed E-state index contributed by atoms with van der Waals surface area (Å²) in [6.07, 6.45) is -2.90. The molecule has 0 saturated carbocycles. The van der Waals surface area contributed by atoms with E-state index in [0.29, 0.717) is 21.8 Å². The van der Waals surface area contributed by atoms with Crippen LogP contribution in [0.4, 0.5) is 24.5 Å². The van der Waals surface area contributed by atoms with Crippen molar-refractivity contribution in [3.05, 3.63) is 107 Å². The first kappa shape index (κ1) is 23.6. The molecular formula is C29H24F3N3O. The average molecular weight is 488 g/mol. The number of aromatic nitrogens is 2. The fourth-order valence-electron chi connectivity index (χ4n) is 4.29. The Hall–Kier alpha value is -4.13. The van der Waals surface area contributed by atoms with Crippen LogP contribution in [-0.4, -0.2) is 9.55 Å². The highest BCUT2D eigenvalue weighted by molar-refractivity contribution is 6.05. The van der Waals surface area contributed by atoms with E-state index in [2.05, 4.69) is 43.2 Å². The third-order valence-electron chi connectivity index (χ3n) is 6.19. The monoisotopic (exact) mass is 487 g/mol. The fourth-order valence-corrected chi connectivity index (χ4v) is 4.29. The SMILES string of the molecule is CC(C)(C)c1ccc(Nc2ccc3ncc4ccc(=O)n(-c5cccc(C(F)(F)F)c5)c4c3c2)cc1. The molecule has 0 unspecified atom stereocenters. The molecule has 4 nitrogen and oxygen atoms in total. The van der Waals surface area contributed by atoms with Crippen LogP contribution in [0, 0.1) is 0 Å². The van der Waals surface area contributed by atoms with Gasteiger partial charge in [-0.3, -0.25) is 14.3 Å². The molecule has 182 valence electrons. The summed E-state index contributed by atoms with van der Waals surface area (Å²) < 4.78 is 41.5. The van der Waals surface area contributed by atoms with E-state index in [-0.39, 0.29) is 11.1 Å². The summed E-state index contributed by atoms with van der Waals surface area (Å²) in [6.45, 7) is 6.46. The lowest BCUT2D eigenvalue weighted by Gasteiger charge is -2.19. The normalized spacial score (nSPS) is 12.3. The van der Waals surface area contributed by atoms with Crippen LogP contribution in [0.15, 0.2) is 89.9 Å². The minimum Gasteiger partial charge on any atom is -0.356 e. The van der Waals surface area contributed by atoms with Crippen molar-refractivity contribution < 1.29 is 13.2 Å². The molecule has 0 spiro atoms. The lowest BCUT2D eigenvalue weighted by molar-refractivity contribution is -0.137. The van der Waals surface area contributed by atoms with Crippen molar-refractivity contribution in [1.29, 1.82) is 0 Å². The molecule has 1 N–H and O–H groups in total. The fraction of sp³-hybridized carbons (Fsp3) is 0.172. The van der Waals surface area contributed by atoms with Crippen molar-refractivity contribution in [1.82, 2.24) is 9.55 Å². The van der Waals surface area contributed by atoms with Crippen LogP contribution >= 0.6 is 0 Å². The number of anilines is 2. The number of pyridine rings is 2. The Labute approximate surface area is 206 Å². The van der Waals surface area contributed by atoms with Crippen LogP contribution in [0.3, 0.4) is 0 Å². The van der Waals surface area contributed by atoms with Gasteiger partial charge in [0, 0.05) is 40.1 Å². The van der Waals surface area contributed by atoms with Crippen LogP contribution in [0.5, 0.6) is 0 Å². The molecule has 0 saturated heterocycles. The van der Waals surface area contributed by atoms with Gasteiger partial charge in [-0.05, 0) is 65.6 Å². The van der Waals surface area contributed by atoms with E-state index >= 15 is 0 Å². The number of alkyl halides is 3. The largest absolute Gasteiger partial charge is 0.416 e. The minimum absolute atomic E-state index is 0.0408. The van der Waals surface area contributed by atoms with Crippen molar-refractivity contribution in [3.63, 3.8) is 0 Å². The zero-order chi connectivity index (χ0) is 25.7. The molecule has 0 radical (unpaired) electrons. The van der Waals surface area contributed by atoms with Crippen molar-refractivity contribution in [2.24, 2.45) is 0 Å². The molecule has 0 bridgehead atoms. The van der Waals surface area contributed by atoms with Crippen molar-refractivity contribution in [2.75, 3.05) is 5.32 Å². The van der Waals surface area contributed by atoms with Crippen LogP contribution in [0.1, 0.15) is 31.9 Å². The van der Waals surface area contributed by atoms with E-state index in [0.717, 1.165) is 23.5 Å². The van der Waals surface area contributed by atoms with Gasteiger partial charge in [0.1, 0.15) is 0 Å². The molecule has 0 fully saturated rings. The highest BCUT2D eigenvalue weighted by atomic mass is 19.4. The molecule has 5 rings (SSSR count). The Bertz CT molecular complexity index is 1650. The molecule has 2 aromatic heterocycles. The smallest absolute Gasteiger partial charge is 0.356 e.